The number of hydrogen-bond donors (Lipinski definition) is 1. The number of nitrogens with one attached hydrogen (secondary N) is 1. The van der Waals surface area contributed by atoms with Gasteiger partial charge in [-0.25, -0.2) is 0 Å². The van der Waals surface area contributed by atoms with Gasteiger partial charge in [-0.1, -0.05) is 68.8 Å². The lowest BCUT2D eigenvalue weighted by Gasteiger charge is -2.31. The van der Waals surface area contributed by atoms with Crippen LogP contribution in [0.1, 0.15) is 51.2 Å². The number of carbonyl (C=O) groups is 2. The van der Waals surface area contributed by atoms with Crippen molar-refractivity contribution in [1.29, 1.82) is 0 Å². The first-order valence-corrected chi connectivity index (χ1v) is 11.2. The van der Waals surface area contributed by atoms with Gasteiger partial charge in [0.2, 0.25) is 11.8 Å². The minimum atomic E-state index is -0.484. The molecule has 0 heterocycles. The van der Waals surface area contributed by atoms with Gasteiger partial charge in [0.1, 0.15) is 11.8 Å². The molecule has 1 N–H and O–H groups in total. The third kappa shape index (κ3) is 8.44. The smallest absolute Gasteiger partial charge is 0.242 e. The highest BCUT2D eigenvalue weighted by Gasteiger charge is 2.28. The Kier molecular flexibility index (Phi) is 10.1. The second-order valence-corrected chi connectivity index (χ2v) is 8.34. The first-order chi connectivity index (χ1) is 14.9. The molecule has 31 heavy (non-hydrogen) atoms. The summed E-state index contributed by atoms with van der Waals surface area (Å²) in [7, 11) is 0. The summed E-state index contributed by atoms with van der Waals surface area (Å²) in [5.74, 6) is 1.05. The molecule has 0 aromatic heterocycles. The minimum Gasteiger partial charge on any atom is -0.494 e. The Hall–Kier alpha value is -2.82. The number of amides is 2. The van der Waals surface area contributed by atoms with Gasteiger partial charge in [-0.15, -0.1) is 0 Å². The Morgan fingerprint density at radius 1 is 1.06 bits per heavy atom. The maximum absolute atomic E-state index is 13.2. The maximum atomic E-state index is 13.2. The number of benzene rings is 2. The van der Waals surface area contributed by atoms with E-state index in [0.29, 0.717) is 44.9 Å². The molecule has 1 unspecified atom stereocenters. The maximum Gasteiger partial charge on any atom is 0.242 e. The van der Waals surface area contributed by atoms with Crippen LogP contribution in [0.3, 0.4) is 0 Å². The fraction of sp³-hybridized carbons (Fsp3) is 0.462. The average molecular weight is 425 g/mol. The van der Waals surface area contributed by atoms with Crippen molar-refractivity contribution < 1.29 is 14.3 Å². The van der Waals surface area contributed by atoms with Gasteiger partial charge in [0.15, 0.2) is 0 Å². The lowest BCUT2D eigenvalue weighted by atomic mass is 10.1. The first kappa shape index (κ1) is 24.4. The summed E-state index contributed by atoms with van der Waals surface area (Å²) >= 11 is 0. The third-order valence-electron chi connectivity index (χ3n) is 5.05. The predicted molar refractivity (Wildman–Crippen MR) is 125 cm³/mol. The van der Waals surface area contributed by atoms with Crippen molar-refractivity contribution in [3.63, 3.8) is 0 Å². The molecule has 2 aromatic carbocycles. The fourth-order valence-corrected chi connectivity index (χ4v) is 3.42. The molecule has 0 bridgehead atoms. The van der Waals surface area contributed by atoms with Gasteiger partial charge in [0.05, 0.1) is 6.61 Å². The van der Waals surface area contributed by atoms with Gasteiger partial charge in [0.25, 0.3) is 0 Å². The standard InChI is InChI=1S/C26H36N2O3/c1-5-24(26(30)27-18-20(2)3)28(19-22-12-9-11-21(4)17-22)25(29)15-10-16-31-23-13-7-6-8-14-23/h6-9,11-14,17,20,24H,5,10,15-16,18-19H2,1-4H3,(H,27,30). The molecule has 0 aliphatic heterocycles. The topological polar surface area (TPSA) is 58.6 Å². The van der Waals surface area contributed by atoms with Crippen molar-refractivity contribution in [2.45, 2.75) is 59.5 Å². The van der Waals surface area contributed by atoms with E-state index in [0.717, 1.165) is 16.9 Å². The molecule has 2 aromatic rings. The summed E-state index contributed by atoms with van der Waals surface area (Å²) in [6.07, 6.45) is 1.51. The van der Waals surface area contributed by atoms with Crippen LogP contribution in [-0.4, -0.2) is 35.9 Å². The summed E-state index contributed by atoms with van der Waals surface area (Å²) in [6, 6.07) is 17.2. The molecular weight excluding hydrogens is 388 g/mol. The average Bonchev–Trinajstić information content (AvgIpc) is 2.75. The van der Waals surface area contributed by atoms with Crippen molar-refractivity contribution >= 4 is 11.8 Å². The molecular formula is C26H36N2O3. The van der Waals surface area contributed by atoms with Gasteiger partial charge >= 0.3 is 0 Å². The highest BCUT2D eigenvalue weighted by atomic mass is 16.5. The van der Waals surface area contributed by atoms with Crippen LogP contribution in [0, 0.1) is 12.8 Å². The van der Waals surface area contributed by atoms with Crippen LogP contribution < -0.4 is 10.1 Å². The molecule has 1 atom stereocenters. The second kappa shape index (κ2) is 12.8. The molecule has 0 radical (unpaired) electrons. The van der Waals surface area contributed by atoms with E-state index in [-0.39, 0.29) is 11.8 Å². The Labute approximate surface area is 186 Å². The van der Waals surface area contributed by atoms with Gasteiger partial charge < -0.3 is 15.0 Å². The van der Waals surface area contributed by atoms with Crippen LogP contribution in [0.2, 0.25) is 0 Å². The van der Waals surface area contributed by atoms with Crippen molar-refractivity contribution in [2.75, 3.05) is 13.2 Å². The first-order valence-electron chi connectivity index (χ1n) is 11.2. The third-order valence-corrected chi connectivity index (χ3v) is 5.05. The minimum absolute atomic E-state index is 0.0234. The predicted octanol–water partition coefficient (Wildman–Crippen LogP) is 4.73. The van der Waals surface area contributed by atoms with Crippen LogP contribution in [-0.2, 0) is 16.1 Å². The molecule has 0 aliphatic carbocycles. The van der Waals surface area contributed by atoms with E-state index in [1.165, 1.54) is 0 Å². The van der Waals surface area contributed by atoms with Crippen LogP contribution >= 0.6 is 0 Å². The quantitative estimate of drug-likeness (QED) is 0.501. The molecule has 2 rings (SSSR count). The largest absolute Gasteiger partial charge is 0.494 e. The van der Waals surface area contributed by atoms with Crippen LogP contribution in [0.25, 0.3) is 0 Å². The Morgan fingerprint density at radius 2 is 1.81 bits per heavy atom. The highest BCUT2D eigenvalue weighted by Crippen LogP contribution is 2.16. The SMILES string of the molecule is CCC(C(=O)NCC(C)C)N(Cc1cccc(C)c1)C(=O)CCCOc1ccccc1. The van der Waals surface area contributed by atoms with E-state index in [9.17, 15) is 9.59 Å². The monoisotopic (exact) mass is 424 g/mol. The zero-order chi connectivity index (χ0) is 22.6. The van der Waals surface area contributed by atoms with Gasteiger partial charge in [-0.3, -0.25) is 9.59 Å². The molecule has 0 saturated carbocycles. The van der Waals surface area contributed by atoms with E-state index in [1.807, 2.05) is 62.4 Å². The van der Waals surface area contributed by atoms with E-state index >= 15 is 0 Å². The van der Waals surface area contributed by atoms with E-state index in [2.05, 4.69) is 25.2 Å². The van der Waals surface area contributed by atoms with Gasteiger partial charge in [-0.05, 0) is 43.4 Å². The van der Waals surface area contributed by atoms with Crippen LogP contribution in [0.5, 0.6) is 5.75 Å². The highest BCUT2D eigenvalue weighted by molar-refractivity contribution is 5.87. The summed E-state index contributed by atoms with van der Waals surface area (Å²) in [5, 5.41) is 3.00. The van der Waals surface area contributed by atoms with Crippen molar-refractivity contribution in [2.24, 2.45) is 5.92 Å². The second-order valence-electron chi connectivity index (χ2n) is 8.34. The summed E-state index contributed by atoms with van der Waals surface area (Å²) in [5.41, 5.74) is 2.17. The lowest BCUT2D eigenvalue weighted by Crippen LogP contribution is -2.49. The Balaban J connectivity index is 2.05. The molecule has 0 spiro atoms. The zero-order valence-electron chi connectivity index (χ0n) is 19.3. The molecule has 5 nitrogen and oxygen atoms in total. The summed E-state index contributed by atoms with van der Waals surface area (Å²) < 4.78 is 5.72. The summed E-state index contributed by atoms with van der Waals surface area (Å²) in [4.78, 5) is 27.8. The van der Waals surface area contributed by atoms with Gasteiger partial charge in [-0.2, -0.15) is 0 Å². The zero-order valence-corrected chi connectivity index (χ0v) is 19.3. The molecule has 0 saturated heterocycles. The number of nitrogens with zero attached hydrogens (tertiary/aromatic N) is 1. The molecule has 5 heteroatoms. The lowest BCUT2D eigenvalue weighted by molar-refractivity contribution is -0.141. The van der Waals surface area contributed by atoms with Crippen molar-refractivity contribution in [1.82, 2.24) is 10.2 Å². The fourth-order valence-electron chi connectivity index (χ4n) is 3.42. The molecule has 0 fully saturated rings. The number of rotatable bonds is 12. The number of aryl methyl sites for hydroxylation is 1. The number of carbonyl (C=O) groups excluding carboxylic acids is 2. The number of hydrogen-bond acceptors (Lipinski definition) is 3. The number of ether oxygens (including phenoxy) is 1. The van der Waals surface area contributed by atoms with E-state index < -0.39 is 6.04 Å². The van der Waals surface area contributed by atoms with Gasteiger partial charge in [0, 0.05) is 19.5 Å². The van der Waals surface area contributed by atoms with E-state index in [4.69, 9.17) is 4.74 Å². The molecule has 168 valence electrons. The van der Waals surface area contributed by atoms with E-state index in [1.54, 1.807) is 4.90 Å². The van der Waals surface area contributed by atoms with Crippen LogP contribution in [0.15, 0.2) is 54.6 Å². The van der Waals surface area contributed by atoms with Crippen molar-refractivity contribution in [3.05, 3.63) is 65.7 Å². The Morgan fingerprint density at radius 3 is 2.45 bits per heavy atom. The normalized spacial score (nSPS) is 11.8. The van der Waals surface area contributed by atoms with Crippen LogP contribution in [0.4, 0.5) is 0 Å². The summed E-state index contributed by atoms with van der Waals surface area (Å²) in [6.45, 7) is 9.59. The molecule has 2 amide bonds. The Bertz CT molecular complexity index is 820. The molecule has 0 aliphatic rings. The van der Waals surface area contributed by atoms with Crippen molar-refractivity contribution in [3.8, 4) is 5.75 Å². The number of para-hydroxylation sites is 1.